The molecule has 96 heavy (non-hydrogen) atoms. The Bertz CT molecular complexity index is 7400. The van der Waals surface area contributed by atoms with Gasteiger partial charge in [-0.1, -0.05) is 212 Å². The van der Waals surface area contributed by atoms with E-state index in [-0.39, 0.29) is 0 Å². The summed E-state index contributed by atoms with van der Waals surface area (Å²) in [6, 6.07) is 106. The number of rotatable bonds is 5. The fourth-order valence-corrected chi connectivity index (χ4v) is 17.2. The van der Waals surface area contributed by atoms with E-state index in [1.807, 2.05) is 0 Å². The summed E-state index contributed by atoms with van der Waals surface area (Å²) in [6.45, 7) is 0. The van der Waals surface area contributed by atoms with E-state index in [0.29, 0.717) is 11.9 Å². The lowest BCUT2D eigenvalue weighted by atomic mass is 9.94. The van der Waals surface area contributed by atoms with Crippen LogP contribution in [-0.4, -0.2) is 37.9 Å². The summed E-state index contributed by atoms with van der Waals surface area (Å²) in [5.41, 5.74) is 19.4. The van der Waals surface area contributed by atoms with Crippen molar-refractivity contribution in [2.75, 3.05) is 0 Å². The largest absolute Gasteiger partial charge is 0.308 e. The van der Waals surface area contributed by atoms with Crippen LogP contribution in [0.15, 0.2) is 291 Å². The van der Waals surface area contributed by atoms with Crippen molar-refractivity contribution < 1.29 is 0 Å². The van der Waals surface area contributed by atoms with Gasteiger partial charge in [-0.05, 0) is 122 Å². The highest BCUT2D eigenvalue weighted by Gasteiger charge is 2.29. The van der Waals surface area contributed by atoms with Gasteiger partial charge in [0.15, 0.2) is 0 Å². The van der Waals surface area contributed by atoms with Gasteiger partial charge >= 0.3 is 0 Å². The standard InChI is InChI=1S/C88H48N8/c1-2-22-51-45-75-65(43-50(51)21-1)67-47-77-79(81-62-32-9-13-38-71(62)93(75)85(67)81)60-30-7-15-40-73(60)95(77)87-89-69-36-11-5-28-58(69)83(91-87)54-26-17-24-52(42-54)56-34-19-25-53-44-66-68-48-78-80(82-63-33-10-14-39-72(63)94(86(68)82)76(66)46-64(53)56)61-31-8-16-41-74(61)96(78)88-90-70-37-12-6-29-59(70)84(92-88)57-35-18-23-49-20-3-4-27-55(49)57/h1-48H. The van der Waals surface area contributed by atoms with Crippen molar-refractivity contribution in [2.45, 2.75) is 0 Å². The Morgan fingerprint density at radius 3 is 1.24 bits per heavy atom. The van der Waals surface area contributed by atoms with E-state index >= 15 is 0 Å². The van der Waals surface area contributed by atoms with Crippen LogP contribution in [0.5, 0.6) is 0 Å². The lowest BCUT2D eigenvalue weighted by Gasteiger charge is -2.13. The zero-order valence-corrected chi connectivity index (χ0v) is 51.3. The van der Waals surface area contributed by atoms with Crippen LogP contribution in [0.4, 0.5) is 0 Å². The van der Waals surface area contributed by atoms with Crippen LogP contribution in [-0.2, 0) is 0 Å². The van der Waals surface area contributed by atoms with Gasteiger partial charge in [0.2, 0.25) is 11.9 Å². The van der Waals surface area contributed by atoms with Gasteiger partial charge in [0, 0.05) is 86.5 Å². The Labute approximate surface area is 545 Å². The SMILES string of the molecule is c1cc(-c2cccc3cc4c5cc6c(c7ccccc7n6-c6nc(-c7cccc8ccccc78)c7ccccc7n6)c6c7ccccc7n(c4cc23)c56)cc(-c2nc(-n3c4ccccc4c4c5c6ccccc6n6c7cc8ccccc8cc7c(cc43)c56)nc3ccccc23)c1. The van der Waals surface area contributed by atoms with Crippen LogP contribution in [0.3, 0.4) is 0 Å². The molecule has 0 aliphatic heterocycles. The van der Waals surface area contributed by atoms with Crippen LogP contribution in [0.25, 0.3) is 219 Å². The number of fused-ring (bicyclic) bond motifs is 25. The summed E-state index contributed by atoms with van der Waals surface area (Å²) < 4.78 is 9.66. The van der Waals surface area contributed by atoms with Crippen LogP contribution in [0.2, 0.25) is 0 Å². The molecule has 23 aromatic rings. The maximum atomic E-state index is 5.75. The number of hydrogen-bond acceptors (Lipinski definition) is 4. The lowest BCUT2D eigenvalue weighted by molar-refractivity contribution is 1.01. The molecule has 0 bridgehead atoms. The molecule has 0 aliphatic rings. The molecule has 0 aliphatic carbocycles. The molecule has 0 unspecified atom stereocenters. The van der Waals surface area contributed by atoms with Crippen LogP contribution < -0.4 is 0 Å². The predicted octanol–water partition coefficient (Wildman–Crippen LogP) is 22.5. The second kappa shape index (κ2) is 18.4. The van der Waals surface area contributed by atoms with Gasteiger partial charge < -0.3 is 8.80 Å². The maximum Gasteiger partial charge on any atom is 0.235 e. The fourth-order valence-electron chi connectivity index (χ4n) is 17.2. The third-order valence-corrected chi connectivity index (χ3v) is 21.1. The summed E-state index contributed by atoms with van der Waals surface area (Å²) in [7, 11) is 0. The zero-order valence-electron chi connectivity index (χ0n) is 51.3. The molecule has 15 aromatic carbocycles. The smallest absolute Gasteiger partial charge is 0.235 e. The maximum absolute atomic E-state index is 5.75. The molecule has 0 spiro atoms. The number of aromatic nitrogens is 8. The van der Waals surface area contributed by atoms with Crippen LogP contribution in [0.1, 0.15) is 0 Å². The predicted molar refractivity (Wildman–Crippen MR) is 399 cm³/mol. The average molecular weight is 1220 g/mol. The number of nitrogens with zero attached hydrogens (tertiary/aromatic N) is 8. The molecule has 0 saturated carbocycles. The highest BCUT2D eigenvalue weighted by atomic mass is 15.2. The molecule has 8 heteroatoms. The summed E-state index contributed by atoms with van der Waals surface area (Å²) >= 11 is 0. The normalized spacial score (nSPS) is 12.6. The quantitative estimate of drug-likeness (QED) is 0.172. The highest BCUT2D eigenvalue weighted by molar-refractivity contribution is 6.38. The summed E-state index contributed by atoms with van der Waals surface area (Å²) in [5.74, 6) is 1.27. The van der Waals surface area contributed by atoms with E-state index in [9.17, 15) is 0 Å². The lowest BCUT2D eigenvalue weighted by Crippen LogP contribution is -2.03. The molecule has 0 amide bonds. The number of hydrogen-bond donors (Lipinski definition) is 0. The van der Waals surface area contributed by atoms with Gasteiger partial charge in [0.05, 0.1) is 77.6 Å². The molecule has 0 N–H and O–H groups in total. The Morgan fingerprint density at radius 1 is 0.208 bits per heavy atom. The first kappa shape index (κ1) is 50.6. The van der Waals surface area contributed by atoms with Gasteiger partial charge in [0.25, 0.3) is 0 Å². The Kier molecular flexibility index (Phi) is 9.69. The molecule has 8 nitrogen and oxygen atoms in total. The summed E-state index contributed by atoms with van der Waals surface area (Å²) in [5, 5.41) is 23.6. The minimum atomic E-state index is 0.630. The van der Waals surface area contributed by atoms with E-state index in [0.717, 1.165) is 99.2 Å². The van der Waals surface area contributed by atoms with Crippen molar-refractivity contribution in [3.05, 3.63) is 291 Å². The van der Waals surface area contributed by atoms with E-state index in [1.54, 1.807) is 0 Å². The first-order valence-corrected chi connectivity index (χ1v) is 32.9. The van der Waals surface area contributed by atoms with Crippen molar-refractivity contribution >= 4 is 174 Å². The van der Waals surface area contributed by atoms with Crippen LogP contribution in [0, 0.1) is 0 Å². The van der Waals surface area contributed by atoms with Crippen molar-refractivity contribution in [3.63, 3.8) is 0 Å². The third kappa shape index (κ3) is 6.56. The molecular formula is C88H48N8. The molecule has 23 rings (SSSR count). The summed E-state index contributed by atoms with van der Waals surface area (Å²) in [6.07, 6.45) is 0. The van der Waals surface area contributed by atoms with E-state index in [1.165, 1.54) is 108 Å². The molecule has 0 radical (unpaired) electrons. The van der Waals surface area contributed by atoms with Crippen molar-refractivity contribution in [2.24, 2.45) is 0 Å². The van der Waals surface area contributed by atoms with Gasteiger partial charge in [-0.25, -0.2) is 19.9 Å². The molecule has 0 fully saturated rings. The average Bonchev–Trinajstić information content (AvgIpc) is 1.52. The van der Waals surface area contributed by atoms with E-state index in [2.05, 4.69) is 309 Å². The van der Waals surface area contributed by atoms with Crippen molar-refractivity contribution in [1.82, 2.24) is 37.9 Å². The second-order valence-electron chi connectivity index (χ2n) is 26.0. The summed E-state index contributed by atoms with van der Waals surface area (Å²) in [4.78, 5) is 22.4. The van der Waals surface area contributed by atoms with Gasteiger partial charge in [-0.2, -0.15) is 0 Å². The zero-order chi connectivity index (χ0) is 62.2. The monoisotopic (exact) mass is 1220 g/mol. The van der Waals surface area contributed by atoms with Crippen molar-refractivity contribution in [1.29, 1.82) is 0 Å². The first-order chi connectivity index (χ1) is 47.6. The van der Waals surface area contributed by atoms with E-state index in [4.69, 9.17) is 19.9 Å². The fraction of sp³-hybridized carbons (Fsp3) is 0. The third-order valence-electron chi connectivity index (χ3n) is 21.1. The number of benzene rings is 15. The van der Waals surface area contributed by atoms with Gasteiger partial charge in [0.1, 0.15) is 0 Å². The molecule has 8 heterocycles. The second-order valence-corrected chi connectivity index (χ2v) is 26.0. The van der Waals surface area contributed by atoms with E-state index < -0.39 is 0 Å². The molecule has 0 atom stereocenters. The van der Waals surface area contributed by atoms with Gasteiger partial charge in [-0.15, -0.1) is 0 Å². The first-order valence-electron chi connectivity index (χ1n) is 32.9. The number of para-hydroxylation sites is 6. The Morgan fingerprint density at radius 2 is 0.625 bits per heavy atom. The van der Waals surface area contributed by atoms with Crippen LogP contribution >= 0.6 is 0 Å². The Hall–Kier alpha value is -13.0. The van der Waals surface area contributed by atoms with Gasteiger partial charge in [-0.3, -0.25) is 9.13 Å². The topological polar surface area (TPSA) is 70.2 Å². The minimum Gasteiger partial charge on any atom is -0.308 e. The molecule has 8 aromatic heterocycles. The van der Waals surface area contributed by atoms with Crippen molar-refractivity contribution in [3.8, 4) is 45.5 Å². The molecular weight excluding hydrogens is 1170 g/mol. The molecule has 0 saturated heterocycles. The highest BCUT2D eigenvalue weighted by Crippen LogP contribution is 2.51. The molecule has 440 valence electrons. The Balaban J connectivity index is 0.731. The minimum absolute atomic E-state index is 0.630.